The lowest BCUT2D eigenvalue weighted by molar-refractivity contribution is 0.0275. The summed E-state index contributed by atoms with van der Waals surface area (Å²) >= 11 is 0. The van der Waals surface area contributed by atoms with Crippen LogP contribution in [-0.2, 0) is 34.1 Å². The number of carbonyl (C=O) groups is 1. The van der Waals surface area contributed by atoms with E-state index in [9.17, 15) is 13.2 Å². The summed E-state index contributed by atoms with van der Waals surface area (Å²) in [4.78, 5) is 23.4. The summed E-state index contributed by atoms with van der Waals surface area (Å²) in [7, 11) is -2.74. The molecule has 2 aromatic carbocycles. The van der Waals surface area contributed by atoms with Crippen molar-refractivity contribution in [3.05, 3.63) is 46.8 Å². The Hall–Kier alpha value is -3.60. The summed E-state index contributed by atoms with van der Waals surface area (Å²) in [5.41, 5.74) is 2.53. The smallest absolute Gasteiger partial charge is 0.410 e. The number of ether oxygens (including phenoxy) is 3. The summed E-state index contributed by atoms with van der Waals surface area (Å²) in [6.45, 7) is 14.2. The van der Waals surface area contributed by atoms with Gasteiger partial charge in [-0.05, 0) is 69.7 Å². The van der Waals surface area contributed by atoms with Gasteiger partial charge in [0.05, 0.1) is 24.6 Å². The van der Waals surface area contributed by atoms with E-state index in [1.165, 1.54) is 7.11 Å². The van der Waals surface area contributed by atoms with Crippen molar-refractivity contribution in [3.8, 4) is 17.4 Å². The molecule has 1 aliphatic rings. The van der Waals surface area contributed by atoms with Gasteiger partial charge in [-0.15, -0.1) is 0 Å². The average molecular weight is 642 g/mol. The molecule has 0 bridgehead atoms. The standard InChI is InChI=1S/C34H47N3O7S/c1-9-12-23-17-24(13-10-2)31(25(18-23)14-11-3)45(39,40)44-32-27-19-30(29(41-8)20-28(27)35-22(4)36-32)42-26-15-16-37(21-26)33(38)43-34(5,6)7/h17-20,26H,9-16,21H2,1-8H3/t26-/m0/s1. The van der Waals surface area contributed by atoms with Gasteiger partial charge >= 0.3 is 16.2 Å². The number of likely N-dealkylation sites (tertiary alicyclic amines) is 1. The van der Waals surface area contributed by atoms with Crippen LogP contribution in [0.15, 0.2) is 29.2 Å². The second-order valence-corrected chi connectivity index (χ2v) is 14.1. The van der Waals surface area contributed by atoms with Crippen LogP contribution >= 0.6 is 0 Å². The highest BCUT2D eigenvalue weighted by atomic mass is 32.2. The van der Waals surface area contributed by atoms with Gasteiger partial charge in [0.15, 0.2) is 11.5 Å². The highest BCUT2D eigenvalue weighted by molar-refractivity contribution is 7.87. The lowest BCUT2D eigenvalue weighted by atomic mass is 9.97. The Balaban J connectivity index is 1.72. The first kappa shape index (κ1) is 34.3. The molecule has 0 spiro atoms. The minimum Gasteiger partial charge on any atom is -0.493 e. The quantitative estimate of drug-likeness (QED) is 0.193. The topological polar surface area (TPSA) is 117 Å². The van der Waals surface area contributed by atoms with E-state index < -0.39 is 21.8 Å². The molecule has 0 saturated carbocycles. The van der Waals surface area contributed by atoms with Gasteiger partial charge in [-0.2, -0.15) is 13.4 Å². The van der Waals surface area contributed by atoms with Gasteiger partial charge in [0, 0.05) is 19.0 Å². The van der Waals surface area contributed by atoms with Gasteiger partial charge in [0.2, 0.25) is 5.88 Å². The van der Waals surface area contributed by atoms with Crippen molar-refractivity contribution in [1.82, 2.24) is 14.9 Å². The first-order valence-corrected chi connectivity index (χ1v) is 17.3. The van der Waals surface area contributed by atoms with Crippen molar-refractivity contribution in [1.29, 1.82) is 0 Å². The number of amides is 1. The summed E-state index contributed by atoms with van der Waals surface area (Å²) in [6, 6.07) is 7.35. The second kappa shape index (κ2) is 14.2. The normalized spacial score (nSPS) is 15.4. The van der Waals surface area contributed by atoms with E-state index in [0.29, 0.717) is 60.6 Å². The number of aryl methyl sites for hydroxylation is 4. The van der Waals surface area contributed by atoms with Gasteiger partial charge in [-0.3, -0.25) is 0 Å². The number of aromatic nitrogens is 2. The van der Waals surface area contributed by atoms with E-state index in [1.807, 2.05) is 46.8 Å². The van der Waals surface area contributed by atoms with Crippen molar-refractivity contribution in [2.45, 2.75) is 110 Å². The molecule has 0 aliphatic carbocycles. The van der Waals surface area contributed by atoms with Crippen LogP contribution in [0.1, 0.15) is 89.7 Å². The highest BCUT2D eigenvalue weighted by Crippen LogP contribution is 2.38. The van der Waals surface area contributed by atoms with Crippen LogP contribution in [0.5, 0.6) is 17.4 Å². The third kappa shape index (κ3) is 8.36. The molecular formula is C34H47N3O7S. The summed E-state index contributed by atoms with van der Waals surface area (Å²) in [5, 5.41) is 0.374. The number of hydrogen-bond donors (Lipinski definition) is 0. The molecule has 1 fully saturated rings. The first-order chi connectivity index (χ1) is 21.3. The molecule has 0 unspecified atom stereocenters. The van der Waals surface area contributed by atoms with Crippen molar-refractivity contribution in [2.24, 2.45) is 0 Å². The molecule has 246 valence electrons. The molecule has 4 rings (SSSR count). The van der Waals surface area contributed by atoms with Crippen molar-refractivity contribution in [2.75, 3.05) is 20.2 Å². The molecular weight excluding hydrogens is 594 g/mol. The maximum atomic E-state index is 14.1. The molecule has 1 aromatic heterocycles. The number of hydrogen-bond acceptors (Lipinski definition) is 9. The zero-order valence-corrected chi connectivity index (χ0v) is 28.7. The number of carbonyl (C=O) groups excluding carboxylic acids is 1. The maximum absolute atomic E-state index is 14.1. The predicted molar refractivity (Wildman–Crippen MR) is 174 cm³/mol. The van der Waals surface area contributed by atoms with Crippen LogP contribution in [-0.4, -0.2) is 61.3 Å². The van der Waals surface area contributed by atoms with E-state index in [4.69, 9.17) is 18.4 Å². The van der Waals surface area contributed by atoms with Gasteiger partial charge < -0.3 is 23.3 Å². The zero-order valence-electron chi connectivity index (χ0n) is 27.9. The Morgan fingerprint density at radius 2 is 1.60 bits per heavy atom. The van der Waals surface area contributed by atoms with E-state index >= 15 is 0 Å². The largest absolute Gasteiger partial charge is 0.493 e. The number of nitrogens with zero attached hydrogens (tertiary/aromatic N) is 3. The van der Waals surface area contributed by atoms with Crippen LogP contribution in [0.25, 0.3) is 10.9 Å². The van der Waals surface area contributed by atoms with Gasteiger partial charge in [0.1, 0.15) is 22.4 Å². The van der Waals surface area contributed by atoms with Gasteiger partial charge in [-0.25, -0.2) is 9.78 Å². The van der Waals surface area contributed by atoms with E-state index in [1.54, 1.807) is 24.0 Å². The fraction of sp³-hybridized carbons (Fsp3) is 0.559. The monoisotopic (exact) mass is 641 g/mol. The number of rotatable bonds is 12. The van der Waals surface area contributed by atoms with Crippen LogP contribution in [0.3, 0.4) is 0 Å². The third-order valence-electron chi connectivity index (χ3n) is 7.47. The number of fused-ring (bicyclic) bond motifs is 1. The fourth-order valence-corrected chi connectivity index (χ4v) is 7.05. The van der Waals surface area contributed by atoms with Gasteiger partial charge in [0.25, 0.3) is 0 Å². The van der Waals surface area contributed by atoms with Crippen molar-refractivity contribution >= 4 is 27.1 Å². The molecule has 1 aliphatic heterocycles. The zero-order chi connectivity index (χ0) is 32.9. The molecule has 1 atom stereocenters. The van der Waals surface area contributed by atoms with Crippen molar-refractivity contribution < 1.29 is 31.6 Å². The molecule has 1 saturated heterocycles. The van der Waals surface area contributed by atoms with Crippen LogP contribution in [0.2, 0.25) is 0 Å². The second-order valence-electron chi connectivity index (χ2n) is 12.6. The fourth-order valence-electron chi connectivity index (χ4n) is 5.67. The number of methoxy groups -OCH3 is 1. The lowest BCUT2D eigenvalue weighted by Gasteiger charge is -2.24. The highest BCUT2D eigenvalue weighted by Gasteiger charge is 2.32. The Morgan fingerprint density at radius 3 is 2.18 bits per heavy atom. The first-order valence-electron chi connectivity index (χ1n) is 15.9. The molecule has 1 amide bonds. The summed E-state index contributed by atoms with van der Waals surface area (Å²) < 4.78 is 51.6. The Labute approximate surface area is 267 Å². The van der Waals surface area contributed by atoms with Crippen LogP contribution in [0.4, 0.5) is 4.79 Å². The predicted octanol–water partition coefficient (Wildman–Crippen LogP) is 6.96. The van der Waals surface area contributed by atoms with E-state index in [2.05, 4.69) is 16.9 Å². The minimum atomic E-state index is -4.26. The van der Waals surface area contributed by atoms with Crippen LogP contribution < -0.4 is 13.7 Å². The SMILES string of the molecule is CCCc1cc(CCC)c(S(=O)(=O)Oc2nc(C)nc3cc(OC)c(O[C@H]4CCN(C(=O)OC(C)(C)C)C4)cc23)c(CCC)c1. The number of benzene rings is 2. The Kier molecular flexibility index (Phi) is 10.8. The van der Waals surface area contributed by atoms with E-state index in [-0.39, 0.29) is 16.9 Å². The molecule has 10 nitrogen and oxygen atoms in total. The molecule has 2 heterocycles. The Morgan fingerprint density at radius 1 is 0.956 bits per heavy atom. The molecule has 0 radical (unpaired) electrons. The van der Waals surface area contributed by atoms with Gasteiger partial charge in [-0.1, -0.05) is 52.2 Å². The molecule has 0 N–H and O–H groups in total. The summed E-state index contributed by atoms with van der Waals surface area (Å²) in [6.07, 6.45) is 4.56. The molecule has 11 heteroatoms. The lowest BCUT2D eigenvalue weighted by Crippen LogP contribution is -2.36. The average Bonchev–Trinajstić information content (AvgIpc) is 3.41. The van der Waals surface area contributed by atoms with Crippen LogP contribution in [0, 0.1) is 6.92 Å². The minimum absolute atomic E-state index is 0.0747. The Bertz CT molecular complexity index is 1610. The summed E-state index contributed by atoms with van der Waals surface area (Å²) in [5.74, 6) is 1.08. The third-order valence-corrected chi connectivity index (χ3v) is 8.87. The van der Waals surface area contributed by atoms with Crippen molar-refractivity contribution in [3.63, 3.8) is 0 Å². The van der Waals surface area contributed by atoms with E-state index in [0.717, 1.165) is 42.4 Å². The maximum Gasteiger partial charge on any atom is 0.410 e. The molecule has 45 heavy (non-hydrogen) atoms. The molecule has 3 aromatic rings.